The standard InChI is InChI=1S/C19H27F2N3O2/c20-19(21)26-17-7-3-2-6-16(17)18(25)24-14-12-23(13-15-24)11-10-22-8-4-1-5-9-22/h2-3,6-7,19H,1,4-5,8-15H2. The molecule has 2 saturated heterocycles. The second-order valence-corrected chi connectivity index (χ2v) is 6.91. The summed E-state index contributed by atoms with van der Waals surface area (Å²) in [6.45, 7) is 4.42. The largest absolute Gasteiger partial charge is 0.434 e. The van der Waals surface area contributed by atoms with Gasteiger partial charge in [0.1, 0.15) is 5.75 Å². The Kier molecular flexibility index (Phi) is 6.80. The lowest BCUT2D eigenvalue weighted by molar-refractivity contribution is -0.0503. The van der Waals surface area contributed by atoms with Crippen LogP contribution in [0.25, 0.3) is 0 Å². The Morgan fingerprint density at radius 3 is 2.19 bits per heavy atom. The van der Waals surface area contributed by atoms with Crippen LogP contribution in [0, 0.1) is 0 Å². The number of piperazine rings is 1. The molecule has 2 aliphatic rings. The predicted molar refractivity (Wildman–Crippen MR) is 95.7 cm³/mol. The van der Waals surface area contributed by atoms with Crippen LogP contribution >= 0.6 is 0 Å². The number of amides is 1. The fraction of sp³-hybridized carbons (Fsp3) is 0.632. The van der Waals surface area contributed by atoms with Gasteiger partial charge in [0.15, 0.2) is 0 Å². The summed E-state index contributed by atoms with van der Waals surface area (Å²) >= 11 is 0. The Bertz CT molecular complexity index is 586. The number of piperidine rings is 1. The van der Waals surface area contributed by atoms with Gasteiger partial charge in [-0.05, 0) is 38.1 Å². The smallest absolute Gasteiger partial charge is 0.387 e. The van der Waals surface area contributed by atoms with Crippen LogP contribution in [-0.2, 0) is 0 Å². The number of halogens is 2. The number of hydrogen-bond acceptors (Lipinski definition) is 4. The first-order valence-electron chi connectivity index (χ1n) is 9.41. The van der Waals surface area contributed by atoms with Crippen LogP contribution < -0.4 is 4.74 Å². The summed E-state index contributed by atoms with van der Waals surface area (Å²) in [5, 5.41) is 0. The quantitative estimate of drug-likeness (QED) is 0.774. The lowest BCUT2D eigenvalue weighted by atomic mass is 10.1. The van der Waals surface area contributed by atoms with E-state index in [4.69, 9.17) is 0 Å². The van der Waals surface area contributed by atoms with Crippen molar-refractivity contribution in [2.75, 3.05) is 52.4 Å². The van der Waals surface area contributed by atoms with Gasteiger partial charge < -0.3 is 14.5 Å². The SMILES string of the molecule is O=C(c1ccccc1OC(F)F)N1CCN(CCN2CCCCC2)CC1. The average molecular weight is 367 g/mol. The molecule has 0 unspecified atom stereocenters. The van der Waals surface area contributed by atoms with E-state index in [9.17, 15) is 13.6 Å². The van der Waals surface area contributed by atoms with Crippen molar-refractivity contribution in [2.24, 2.45) is 0 Å². The fourth-order valence-electron chi connectivity index (χ4n) is 3.65. The van der Waals surface area contributed by atoms with Gasteiger partial charge in [0.25, 0.3) is 5.91 Å². The monoisotopic (exact) mass is 367 g/mol. The van der Waals surface area contributed by atoms with Crippen LogP contribution in [0.3, 0.4) is 0 Å². The third-order valence-electron chi connectivity index (χ3n) is 5.17. The summed E-state index contributed by atoms with van der Waals surface area (Å²) in [6.07, 6.45) is 3.93. The number of ether oxygens (including phenoxy) is 1. The van der Waals surface area contributed by atoms with Crippen molar-refractivity contribution in [3.05, 3.63) is 29.8 Å². The minimum Gasteiger partial charge on any atom is -0.434 e. The first kappa shape index (κ1) is 19.0. The molecule has 0 radical (unpaired) electrons. The number of carbonyl (C=O) groups excluding carboxylic acids is 1. The van der Waals surface area contributed by atoms with Gasteiger partial charge in [-0.1, -0.05) is 18.6 Å². The van der Waals surface area contributed by atoms with E-state index in [1.54, 1.807) is 23.1 Å². The molecule has 2 fully saturated rings. The number of carbonyl (C=O) groups is 1. The minimum absolute atomic E-state index is 0.0555. The third kappa shape index (κ3) is 5.14. The molecule has 0 N–H and O–H groups in total. The summed E-state index contributed by atoms with van der Waals surface area (Å²) < 4.78 is 29.6. The van der Waals surface area contributed by atoms with Crippen LogP contribution in [0.2, 0.25) is 0 Å². The van der Waals surface area contributed by atoms with Crippen molar-refractivity contribution < 1.29 is 18.3 Å². The number of para-hydroxylation sites is 1. The van der Waals surface area contributed by atoms with Gasteiger partial charge in [-0.2, -0.15) is 8.78 Å². The maximum Gasteiger partial charge on any atom is 0.387 e. The summed E-state index contributed by atoms with van der Waals surface area (Å²) in [5.74, 6) is -0.294. The second-order valence-electron chi connectivity index (χ2n) is 6.91. The molecule has 0 aromatic heterocycles. The zero-order valence-electron chi connectivity index (χ0n) is 15.1. The molecule has 1 amide bonds. The van der Waals surface area contributed by atoms with E-state index in [0.29, 0.717) is 13.1 Å². The van der Waals surface area contributed by atoms with Crippen molar-refractivity contribution in [3.8, 4) is 5.75 Å². The van der Waals surface area contributed by atoms with Gasteiger partial charge in [0, 0.05) is 39.3 Å². The third-order valence-corrected chi connectivity index (χ3v) is 5.17. The lowest BCUT2D eigenvalue weighted by Gasteiger charge is -2.36. The Morgan fingerprint density at radius 1 is 0.923 bits per heavy atom. The number of hydrogen-bond donors (Lipinski definition) is 0. The maximum absolute atomic E-state index is 12.7. The van der Waals surface area contributed by atoms with E-state index in [0.717, 1.165) is 26.2 Å². The van der Waals surface area contributed by atoms with Crippen LogP contribution in [-0.4, -0.2) is 79.6 Å². The highest BCUT2D eigenvalue weighted by Gasteiger charge is 2.25. The van der Waals surface area contributed by atoms with E-state index in [1.807, 2.05) is 0 Å². The average Bonchev–Trinajstić information content (AvgIpc) is 2.67. The lowest BCUT2D eigenvalue weighted by Crippen LogP contribution is -2.50. The van der Waals surface area contributed by atoms with Crippen molar-refractivity contribution in [1.29, 1.82) is 0 Å². The minimum atomic E-state index is -2.93. The molecule has 0 saturated carbocycles. The van der Waals surface area contributed by atoms with Gasteiger partial charge in [-0.15, -0.1) is 0 Å². The van der Waals surface area contributed by atoms with Gasteiger partial charge in [-0.25, -0.2) is 0 Å². The highest BCUT2D eigenvalue weighted by molar-refractivity contribution is 5.97. The Hall–Kier alpha value is -1.73. The molecule has 5 nitrogen and oxygen atoms in total. The highest BCUT2D eigenvalue weighted by Crippen LogP contribution is 2.22. The highest BCUT2D eigenvalue weighted by atomic mass is 19.3. The van der Waals surface area contributed by atoms with Gasteiger partial charge in [-0.3, -0.25) is 9.69 Å². The van der Waals surface area contributed by atoms with E-state index < -0.39 is 6.61 Å². The molecular formula is C19H27F2N3O2. The molecule has 1 aromatic rings. The van der Waals surface area contributed by atoms with Crippen molar-refractivity contribution >= 4 is 5.91 Å². The molecule has 2 heterocycles. The van der Waals surface area contributed by atoms with Crippen LogP contribution in [0.4, 0.5) is 8.78 Å². The summed E-state index contributed by atoms with van der Waals surface area (Å²) in [7, 11) is 0. The first-order chi connectivity index (χ1) is 12.6. The topological polar surface area (TPSA) is 36.0 Å². The zero-order chi connectivity index (χ0) is 18.4. The number of alkyl halides is 2. The first-order valence-corrected chi connectivity index (χ1v) is 9.41. The normalized spacial score (nSPS) is 19.7. The van der Waals surface area contributed by atoms with Gasteiger partial charge in [0.2, 0.25) is 0 Å². The molecule has 0 bridgehead atoms. The molecule has 26 heavy (non-hydrogen) atoms. The zero-order valence-corrected chi connectivity index (χ0v) is 15.1. The van der Waals surface area contributed by atoms with Gasteiger partial charge >= 0.3 is 6.61 Å². The molecule has 144 valence electrons. The molecular weight excluding hydrogens is 340 g/mol. The van der Waals surface area contributed by atoms with E-state index >= 15 is 0 Å². The van der Waals surface area contributed by atoms with Crippen molar-refractivity contribution in [3.63, 3.8) is 0 Å². The van der Waals surface area contributed by atoms with Crippen LogP contribution in [0.5, 0.6) is 5.75 Å². The Balaban J connectivity index is 1.49. The number of likely N-dealkylation sites (tertiary alicyclic amines) is 1. The van der Waals surface area contributed by atoms with E-state index in [-0.39, 0.29) is 17.2 Å². The Morgan fingerprint density at radius 2 is 1.54 bits per heavy atom. The summed E-state index contributed by atoms with van der Waals surface area (Å²) in [4.78, 5) is 19.3. The summed E-state index contributed by atoms with van der Waals surface area (Å²) in [6, 6.07) is 6.21. The molecule has 0 aliphatic carbocycles. The van der Waals surface area contributed by atoms with E-state index in [1.165, 1.54) is 38.4 Å². The number of rotatable bonds is 6. The molecule has 0 atom stereocenters. The molecule has 3 rings (SSSR count). The molecule has 0 spiro atoms. The van der Waals surface area contributed by atoms with Crippen LogP contribution in [0.1, 0.15) is 29.6 Å². The van der Waals surface area contributed by atoms with Crippen LogP contribution in [0.15, 0.2) is 24.3 Å². The second kappa shape index (κ2) is 9.28. The van der Waals surface area contributed by atoms with Crippen molar-refractivity contribution in [1.82, 2.24) is 14.7 Å². The fourth-order valence-corrected chi connectivity index (χ4v) is 3.65. The Labute approximate surface area is 153 Å². The predicted octanol–water partition coefficient (Wildman–Crippen LogP) is 2.53. The van der Waals surface area contributed by atoms with Gasteiger partial charge in [0.05, 0.1) is 5.56 Å². The van der Waals surface area contributed by atoms with Crippen molar-refractivity contribution in [2.45, 2.75) is 25.9 Å². The maximum atomic E-state index is 12.7. The number of nitrogens with zero attached hydrogens (tertiary/aromatic N) is 3. The molecule has 2 aliphatic heterocycles. The molecule has 1 aromatic carbocycles. The molecule has 7 heteroatoms. The van der Waals surface area contributed by atoms with E-state index in [2.05, 4.69) is 14.5 Å². The number of benzene rings is 1. The summed E-state index contributed by atoms with van der Waals surface area (Å²) in [5.41, 5.74) is 0.203.